The summed E-state index contributed by atoms with van der Waals surface area (Å²) in [4.78, 5) is 34.3. The molecule has 0 saturated heterocycles. The first-order chi connectivity index (χ1) is 14.3. The Hall–Kier alpha value is -3.71. The van der Waals surface area contributed by atoms with Crippen LogP contribution in [0.3, 0.4) is 0 Å². The lowest BCUT2D eigenvalue weighted by Crippen LogP contribution is -2.04. The Morgan fingerprint density at radius 1 is 0.833 bits per heavy atom. The Morgan fingerprint density at radius 2 is 1.37 bits per heavy atom. The number of rotatable bonds is 8. The molecule has 1 N–H and O–H groups in total. The third-order valence-electron chi connectivity index (χ3n) is 3.83. The number of esters is 2. The molecule has 0 heterocycles. The van der Waals surface area contributed by atoms with Crippen LogP contribution in [0.15, 0.2) is 48.6 Å². The van der Waals surface area contributed by atoms with Crippen LogP contribution in [0.25, 0.3) is 12.2 Å². The topological polar surface area (TPSA) is 99.1 Å². The maximum Gasteiger partial charge on any atom is 0.308 e. The number of benzene rings is 2. The molecule has 0 fully saturated rings. The van der Waals surface area contributed by atoms with Crippen LogP contribution in [-0.4, -0.2) is 29.9 Å². The summed E-state index contributed by atoms with van der Waals surface area (Å²) in [5.74, 6) is -0.245. The Labute approximate surface area is 174 Å². The minimum Gasteiger partial charge on any atom is -0.493 e. The average Bonchev–Trinajstić information content (AvgIpc) is 2.71. The predicted molar refractivity (Wildman–Crippen MR) is 111 cm³/mol. The van der Waals surface area contributed by atoms with Gasteiger partial charge in [-0.15, -0.1) is 0 Å². The van der Waals surface area contributed by atoms with Crippen molar-refractivity contribution in [2.75, 3.05) is 7.11 Å². The molecule has 0 saturated carbocycles. The van der Waals surface area contributed by atoms with Crippen molar-refractivity contribution in [2.24, 2.45) is 0 Å². The van der Waals surface area contributed by atoms with Gasteiger partial charge in [0.15, 0.2) is 17.3 Å². The van der Waals surface area contributed by atoms with E-state index in [1.165, 1.54) is 33.1 Å². The first kappa shape index (κ1) is 22.6. The highest BCUT2D eigenvalue weighted by Gasteiger charge is 2.08. The molecule has 2 aromatic carbocycles. The zero-order valence-corrected chi connectivity index (χ0v) is 16.9. The Kier molecular flexibility index (Phi) is 8.08. The van der Waals surface area contributed by atoms with E-state index in [1.807, 2.05) is 0 Å². The number of aliphatic hydroxyl groups is 1. The zero-order chi connectivity index (χ0) is 22.1. The number of hydrogen-bond acceptors (Lipinski definition) is 7. The Morgan fingerprint density at radius 3 is 1.90 bits per heavy atom. The normalized spacial score (nSPS) is 10.9. The maximum atomic E-state index is 12.1. The molecule has 0 amide bonds. The molecule has 0 aliphatic rings. The van der Waals surface area contributed by atoms with E-state index in [-0.39, 0.29) is 18.1 Å². The molecule has 0 unspecified atom stereocenters. The van der Waals surface area contributed by atoms with Crippen molar-refractivity contribution in [2.45, 2.75) is 20.5 Å². The summed E-state index contributed by atoms with van der Waals surface area (Å²) in [7, 11) is 1.46. The average molecular weight is 410 g/mol. The molecule has 0 aliphatic heterocycles. The standard InChI is InChI=1S/C23H22O7/c1-15(25)29-21-10-6-17(12-19(21)14-24)4-8-20(27)9-5-18-7-11-22(30-16(2)26)23(13-18)28-3/h4-13,24H,14H2,1-3H3/b8-4+,9-5+. The van der Waals surface area contributed by atoms with Crippen molar-refractivity contribution >= 4 is 29.9 Å². The van der Waals surface area contributed by atoms with Gasteiger partial charge in [0.25, 0.3) is 0 Å². The fourth-order valence-corrected chi connectivity index (χ4v) is 2.52. The first-order valence-electron chi connectivity index (χ1n) is 9.01. The summed E-state index contributed by atoms with van der Waals surface area (Å²) in [6.07, 6.45) is 5.96. The second-order valence-corrected chi connectivity index (χ2v) is 6.19. The number of allylic oxidation sites excluding steroid dienone is 2. The fraction of sp³-hybridized carbons (Fsp3) is 0.174. The van der Waals surface area contributed by atoms with Crippen LogP contribution in [0.5, 0.6) is 17.2 Å². The van der Waals surface area contributed by atoms with Crippen molar-refractivity contribution in [3.63, 3.8) is 0 Å². The highest BCUT2D eigenvalue weighted by molar-refractivity contribution is 6.04. The molecule has 0 spiro atoms. The molecule has 7 heteroatoms. The smallest absolute Gasteiger partial charge is 0.308 e. The van der Waals surface area contributed by atoms with Gasteiger partial charge in [-0.05, 0) is 47.5 Å². The molecular formula is C23H22O7. The van der Waals surface area contributed by atoms with Gasteiger partial charge < -0.3 is 19.3 Å². The highest BCUT2D eigenvalue weighted by Crippen LogP contribution is 2.28. The number of carbonyl (C=O) groups excluding carboxylic acids is 3. The van der Waals surface area contributed by atoms with E-state index in [4.69, 9.17) is 14.2 Å². The second-order valence-electron chi connectivity index (χ2n) is 6.19. The molecular weight excluding hydrogens is 388 g/mol. The van der Waals surface area contributed by atoms with Crippen LogP contribution in [0.4, 0.5) is 0 Å². The summed E-state index contributed by atoms with van der Waals surface area (Å²) in [6.45, 7) is 2.27. The number of aliphatic hydroxyl groups excluding tert-OH is 1. The van der Waals surface area contributed by atoms with Gasteiger partial charge in [0.05, 0.1) is 13.7 Å². The van der Waals surface area contributed by atoms with Gasteiger partial charge in [-0.1, -0.05) is 24.3 Å². The molecule has 2 aromatic rings. The number of ether oxygens (including phenoxy) is 3. The summed E-state index contributed by atoms with van der Waals surface area (Å²) in [6, 6.07) is 9.78. The van der Waals surface area contributed by atoms with E-state index in [0.717, 1.165) is 0 Å². The number of methoxy groups -OCH3 is 1. The van der Waals surface area contributed by atoms with Crippen LogP contribution in [-0.2, 0) is 21.0 Å². The molecule has 30 heavy (non-hydrogen) atoms. The first-order valence-corrected chi connectivity index (χ1v) is 9.01. The summed E-state index contributed by atoms with van der Waals surface area (Å²) in [5, 5.41) is 9.42. The fourth-order valence-electron chi connectivity index (χ4n) is 2.52. The second kappa shape index (κ2) is 10.7. The van der Waals surface area contributed by atoms with E-state index in [9.17, 15) is 19.5 Å². The number of carbonyl (C=O) groups is 3. The zero-order valence-electron chi connectivity index (χ0n) is 16.9. The van der Waals surface area contributed by atoms with Crippen molar-refractivity contribution in [1.82, 2.24) is 0 Å². The molecule has 0 aromatic heterocycles. The van der Waals surface area contributed by atoms with Gasteiger partial charge in [0.1, 0.15) is 5.75 Å². The third-order valence-corrected chi connectivity index (χ3v) is 3.83. The quantitative estimate of drug-likeness (QED) is 0.405. The Balaban J connectivity index is 2.09. The number of hydrogen-bond donors (Lipinski definition) is 1. The van der Waals surface area contributed by atoms with Gasteiger partial charge in [0, 0.05) is 19.4 Å². The van der Waals surface area contributed by atoms with Crippen molar-refractivity contribution < 1.29 is 33.7 Å². The van der Waals surface area contributed by atoms with Crippen LogP contribution in [0, 0.1) is 0 Å². The van der Waals surface area contributed by atoms with E-state index in [0.29, 0.717) is 28.2 Å². The van der Waals surface area contributed by atoms with Gasteiger partial charge in [-0.25, -0.2) is 0 Å². The molecule has 2 rings (SSSR count). The lowest BCUT2D eigenvalue weighted by molar-refractivity contribution is -0.132. The minimum atomic E-state index is -0.481. The van der Waals surface area contributed by atoms with Gasteiger partial charge in [0.2, 0.25) is 0 Å². The third kappa shape index (κ3) is 6.72. The van der Waals surface area contributed by atoms with Crippen LogP contribution >= 0.6 is 0 Å². The van der Waals surface area contributed by atoms with Crippen molar-refractivity contribution in [1.29, 1.82) is 0 Å². The molecule has 0 bridgehead atoms. The Bertz CT molecular complexity index is 923. The molecule has 0 atom stereocenters. The van der Waals surface area contributed by atoms with E-state index < -0.39 is 11.9 Å². The lowest BCUT2D eigenvalue weighted by Gasteiger charge is -2.08. The van der Waals surface area contributed by atoms with E-state index in [1.54, 1.807) is 48.6 Å². The van der Waals surface area contributed by atoms with E-state index in [2.05, 4.69) is 0 Å². The highest BCUT2D eigenvalue weighted by atomic mass is 16.6. The minimum absolute atomic E-state index is 0.257. The largest absolute Gasteiger partial charge is 0.493 e. The summed E-state index contributed by atoms with van der Waals surface area (Å²) < 4.78 is 15.2. The molecule has 0 radical (unpaired) electrons. The van der Waals surface area contributed by atoms with Gasteiger partial charge >= 0.3 is 11.9 Å². The van der Waals surface area contributed by atoms with Crippen LogP contribution in [0.1, 0.15) is 30.5 Å². The van der Waals surface area contributed by atoms with E-state index >= 15 is 0 Å². The van der Waals surface area contributed by atoms with Gasteiger partial charge in [-0.3, -0.25) is 14.4 Å². The summed E-state index contributed by atoms with van der Waals surface area (Å²) >= 11 is 0. The van der Waals surface area contributed by atoms with Crippen LogP contribution in [0.2, 0.25) is 0 Å². The van der Waals surface area contributed by atoms with Gasteiger partial charge in [-0.2, -0.15) is 0 Å². The molecule has 156 valence electrons. The van der Waals surface area contributed by atoms with Crippen molar-refractivity contribution in [3.8, 4) is 17.2 Å². The molecule has 7 nitrogen and oxygen atoms in total. The number of ketones is 1. The summed E-state index contributed by atoms with van der Waals surface area (Å²) in [5.41, 5.74) is 1.80. The van der Waals surface area contributed by atoms with Crippen LogP contribution < -0.4 is 14.2 Å². The molecule has 0 aliphatic carbocycles. The maximum absolute atomic E-state index is 12.1. The van der Waals surface area contributed by atoms with Crippen molar-refractivity contribution in [3.05, 3.63) is 65.2 Å². The predicted octanol–water partition coefficient (Wildman–Crippen LogP) is 3.33. The lowest BCUT2D eigenvalue weighted by atomic mass is 10.1. The SMILES string of the molecule is COc1cc(/C=C/C(=O)/C=C/c2ccc(OC(C)=O)c(CO)c2)ccc1OC(C)=O. The monoisotopic (exact) mass is 410 g/mol.